The van der Waals surface area contributed by atoms with E-state index in [-0.39, 0.29) is 10.6 Å². The van der Waals surface area contributed by atoms with E-state index in [1.807, 2.05) is 12.1 Å². The van der Waals surface area contributed by atoms with E-state index in [0.717, 1.165) is 18.6 Å². The molecule has 2 N–H and O–H groups in total. The smallest absolute Gasteiger partial charge is 0.142 e. The molecular formula is C16H14ClF2N. The summed E-state index contributed by atoms with van der Waals surface area (Å²) in [6.45, 7) is 0. The fourth-order valence-electron chi connectivity index (χ4n) is 2.83. The van der Waals surface area contributed by atoms with E-state index < -0.39 is 17.7 Å². The van der Waals surface area contributed by atoms with Crippen molar-refractivity contribution in [3.8, 4) is 0 Å². The van der Waals surface area contributed by atoms with Crippen LogP contribution in [0.25, 0.3) is 0 Å². The molecule has 3 rings (SSSR count). The molecule has 104 valence electrons. The van der Waals surface area contributed by atoms with Crippen molar-refractivity contribution in [3.63, 3.8) is 0 Å². The molecule has 0 radical (unpaired) electrons. The fraction of sp³-hybridized carbons (Fsp3) is 0.250. The lowest BCUT2D eigenvalue weighted by Crippen LogP contribution is -2.23. The maximum atomic E-state index is 13.8. The second-order valence-corrected chi connectivity index (χ2v) is 5.64. The number of nitrogens with two attached hydrogens (primary N) is 1. The predicted octanol–water partition coefficient (Wildman–Crippen LogP) is 4.35. The first-order chi connectivity index (χ1) is 9.56. The maximum Gasteiger partial charge on any atom is 0.142 e. The van der Waals surface area contributed by atoms with Gasteiger partial charge in [0, 0.05) is 11.6 Å². The number of halogens is 3. The third-order valence-corrected chi connectivity index (χ3v) is 4.23. The molecular weight excluding hydrogens is 280 g/mol. The molecule has 1 aliphatic carbocycles. The van der Waals surface area contributed by atoms with Crippen molar-refractivity contribution >= 4 is 11.6 Å². The van der Waals surface area contributed by atoms with Crippen LogP contribution >= 0.6 is 11.6 Å². The van der Waals surface area contributed by atoms with Crippen molar-refractivity contribution in [2.24, 2.45) is 5.73 Å². The van der Waals surface area contributed by atoms with Gasteiger partial charge in [0.25, 0.3) is 0 Å². The Balaban J connectivity index is 1.78. The lowest BCUT2D eigenvalue weighted by atomic mass is 9.74. The predicted molar refractivity (Wildman–Crippen MR) is 75.8 cm³/mol. The van der Waals surface area contributed by atoms with E-state index in [0.29, 0.717) is 12.3 Å². The highest BCUT2D eigenvalue weighted by Gasteiger charge is 2.28. The third-order valence-electron chi connectivity index (χ3n) is 3.94. The van der Waals surface area contributed by atoms with Crippen molar-refractivity contribution in [1.29, 1.82) is 0 Å². The molecule has 1 aliphatic rings. The Morgan fingerprint density at radius 1 is 1.20 bits per heavy atom. The van der Waals surface area contributed by atoms with Gasteiger partial charge in [-0.15, -0.1) is 0 Å². The molecule has 0 spiro atoms. The Hall–Kier alpha value is -1.45. The standard InChI is InChI=1S/C16H14ClF2N/c17-13-8-14(18)12(7-15(13)19)16(20)6-10-5-9-3-1-2-4-11(9)10/h1-4,7-8,10,16H,5-6,20H2. The fourth-order valence-corrected chi connectivity index (χ4v) is 2.98. The van der Waals surface area contributed by atoms with Crippen LogP contribution < -0.4 is 5.73 Å². The molecule has 2 atom stereocenters. The highest BCUT2D eigenvalue weighted by molar-refractivity contribution is 6.30. The van der Waals surface area contributed by atoms with Crippen LogP contribution in [0.2, 0.25) is 5.02 Å². The van der Waals surface area contributed by atoms with Crippen LogP contribution in [0, 0.1) is 11.6 Å². The van der Waals surface area contributed by atoms with Gasteiger partial charge in [0.1, 0.15) is 11.6 Å². The zero-order chi connectivity index (χ0) is 14.3. The maximum absolute atomic E-state index is 13.8. The summed E-state index contributed by atoms with van der Waals surface area (Å²) in [5, 5.41) is -0.215. The molecule has 0 aromatic heterocycles. The Bertz CT molecular complexity index is 657. The Labute approximate surface area is 121 Å². The summed E-state index contributed by atoms with van der Waals surface area (Å²) in [6.07, 6.45) is 1.55. The zero-order valence-electron chi connectivity index (χ0n) is 10.7. The van der Waals surface area contributed by atoms with Crippen LogP contribution in [0.1, 0.15) is 35.1 Å². The molecule has 0 heterocycles. The van der Waals surface area contributed by atoms with Gasteiger partial charge >= 0.3 is 0 Å². The van der Waals surface area contributed by atoms with E-state index in [1.165, 1.54) is 11.1 Å². The molecule has 1 nitrogen and oxygen atoms in total. The van der Waals surface area contributed by atoms with Gasteiger partial charge in [-0.25, -0.2) is 8.78 Å². The van der Waals surface area contributed by atoms with Crippen molar-refractivity contribution in [2.45, 2.75) is 24.8 Å². The number of hydrogen-bond acceptors (Lipinski definition) is 1. The lowest BCUT2D eigenvalue weighted by molar-refractivity contribution is 0.478. The number of benzene rings is 2. The van der Waals surface area contributed by atoms with Crippen molar-refractivity contribution in [1.82, 2.24) is 0 Å². The van der Waals surface area contributed by atoms with Crippen molar-refractivity contribution in [3.05, 3.63) is 69.7 Å². The van der Waals surface area contributed by atoms with Crippen LogP contribution in [0.3, 0.4) is 0 Å². The van der Waals surface area contributed by atoms with Crippen LogP contribution in [-0.2, 0) is 6.42 Å². The van der Waals surface area contributed by atoms with Gasteiger partial charge in [-0.1, -0.05) is 35.9 Å². The normalized spacial score (nSPS) is 18.3. The molecule has 0 bridgehead atoms. The van der Waals surface area contributed by atoms with Gasteiger partial charge in [0.05, 0.1) is 5.02 Å². The van der Waals surface area contributed by atoms with E-state index in [9.17, 15) is 8.78 Å². The Kier molecular flexibility index (Phi) is 3.48. The highest BCUT2D eigenvalue weighted by atomic mass is 35.5. The lowest BCUT2D eigenvalue weighted by Gasteiger charge is -2.32. The molecule has 2 aromatic carbocycles. The second-order valence-electron chi connectivity index (χ2n) is 5.23. The van der Waals surface area contributed by atoms with E-state index >= 15 is 0 Å². The first-order valence-electron chi connectivity index (χ1n) is 6.54. The first kappa shape index (κ1) is 13.5. The molecule has 2 aromatic rings. The molecule has 0 saturated heterocycles. The molecule has 0 saturated carbocycles. The van der Waals surface area contributed by atoms with E-state index in [2.05, 4.69) is 12.1 Å². The summed E-state index contributed by atoms with van der Waals surface area (Å²) < 4.78 is 27.3. The van der Waals surface area contributed by atoms with Crippen molar-refractivity contribution in [2.75, 3.05) is 0 Å². The third kappa shape index (κ3) is 2.32. The van der Waals surface area contributed by atoms with Gasteiger partial charge in [-0.05, 0) is 42.0 Å². The van der Waals surface area contributed by atoms with E-state index in [4.69, 9.17) is 17.3 Å². The number of hydrogen-bond donors (Lipinski definition) is 1. The average Bonchev–Trinajstić information content (AvgIpc) is 2.40. The SMILES string of the molecule is NC(CC1Cc2ccccc21)c1cc(F)c(Cl)cc1F. The minimum Gasteiger partial charge on any atom is -0.324 e. The zero-order valence-corrected chi connectivity index (χ0v) is 11.5. The quantitative estimate of drug-likeness (QED) is 0.837. The van der Waals surface area contributed by atoms with Gasteiger partial charge in [0.2, 0.25) is 0 Å². The molecule has 0 fully saturated rings. The molecule has 4 heteroatoms. The summed E-state index contributed by atoms with van der Waals surface area (Å²) in [7, 11) is 0. The van der Waals surface area contributed by atoms with E-state index in [1.54, 1.807) is 0 Å². The Morgan fingerprint density at radius 2 is 1.95 bits per heavy atom. The van der Waals surface area contributed by atoms with Crippen LogP contribution in [0.15, 0.2) is 36.4 Å². The average molecular weight is 294 g/mol. The van der Waals surface area contributed by atoms with Crippen LogP contribution in [-0.4, -0.2) is 0 Å². The highest BCUT2D eigenvalue weighted by Crippen LogP contribution is 2.40. The number of rotatable bonds is 3. The monoisotopic (exact) mass is 293 g/mol. The topological polar surface area (TPSA) is 26.0 Å². The van der Waals surface area contributed by atoms with Crippen LogP contribution in [0.4, 0.5) is 8.78 Å². The van der Waals surface area contributed by atoms with Gasteiger partial charge in [0.15, 0.2) is 0 Å². The summed E-state index contributed by atoms with van der Waals surface area (Å²) in [5.74, 6) is -0.858. The van der Waals surface area contributed by atoms with Gasteiger partial charge in [-0.2, -0.15) is 0 Å². The minimum absolute atomic E-state index is 0.191. The summed E-state index contributed by atoms with van der Waals surface area (Å²) in [4.78, 5) is 0. The molecule has 0 aliphatic heterocycles. The van der Waals surface area contributed by atoms with Gasteiger partial charge in [-0.3, -0.25) is 0 Å². The summed E-state index contributed by atoms with van der Waals surface area (Å²) >= 11 is 5.55. The summed E-state index contributed by atoms with van der Waals surface area (Å²) in [5.41, 5.74) is 8.80. The molecule has 20 heavy (non-hydrogen) atoms. The second kappa shape index (κ2) is 5.15. The van der Waals surface area contributed by atoms with Gasteiger partial charge < -0.3 is 5.73 Å². The first-order valence-corrected chi connectivity index (χ1v) is 6.92. The molecule has 2 unspecified atom stereocenters. The largest absolute Gasteiger partial charge is 0.324 e. The Morgan fingerprint density at radius 3 is 2.70 bits per heavy atom. The van der Waals surface area contributed by atoms with Crippen molar-refractivity contribution < 1.29 is 8.78 Å². The summed E-state index contributed by atoms with van der Waals surface area (Å²) in [6, 6.07) is 9.70. The minimum atomic E-state index is -0.632. The van der Waals surface area contributed by atoms with Crippen LogP contribution in [0.5, 0.6) is 0 Å². The number of fused-ring (bicyclic) bond motifs is 1. The molecule has 0 amide bonds.